The summed E-state index contributed by atoms with van der Waals surface area (Å²) in [5.74, 6) is 5.23. The maximum atomic E-state index is 11.8. The zero-order valence-electron chi connectivity index (χ0n) is 19.0. The second-order valence-electron chi connectivity index (χ2n) is 8.49. The van der Waals surface area contributed by atoms with Gasteiger partial charge in [-0.2, -0.15) is 0 Å². The molecule has 2 heterocycles. The molecule has 9 nitrogen and oxygen atoms in total. The number of nitrogens with zero attached hydrogens (tertiary/aromatic N) is 2. The van der Waals surface area contributed by atoms with Crippen molar-refractivity contribution in [2.24, 2.45) is 5.73 Å². The number of aromatic nitrogens is 2. The van der Waals surface area contributed by atoms with Crippen LogP contribution in [0.5, 0.6) is 5.75 Å². The summed E-state index contributed by atoms with van der Waals surface area (Å²) in [6, 6.07) is 15.6. The molecule has 0 saturated carbocycles. The van der Waals surface area contributed by atoms with Crippen LogP contribution in [0.15, 0.2) is 59.7 Å². The van der Waals surface area contributed by atoms with E-state index in [0.717, 1.165) is 36.3 Å². The number of benzene rings is 2. The minimum absolute atomic E-state index is 0.130. The van der Waals surface area contributed by atoms with E-state index in [-0.39, 0.29) is 18.4 Å². The van der Waals surface area contributed by atoms with Crippen LogP contribution in [0.3, 0.4) is 0 Å². The Morgan fingerprint density at radius 2 is 1.71 bits per heavy atom. The van der Waals surface area contributed by atoms with E-state index in [9.17, 15) is 19.8 Å². The van der Waals surface area contributed by atoms with Gasteiger partial charge in [-0.3, -0.25) is 9.69 Å². The average Bonchev–Trinajstić information content (AvgIpc) is 2.83. The minimum Gasteiger partial charge on any atom is -0.502 e. The molecule has 35 heavy (non-hydrogen) atoms. The number of nitrogens with two attached hydrogens (primary N) is 1. The molecular formula is C26H26N4O5. The normalized spacial score (nSPS) is 14.4. The fourth-order valence-corrected chi connectivity index (χ4v) is 3.90. The highest BCUT2D eigenvalue weighted by Crippen LogP contribution is 2.24. The number of aliphatic hydroxyl groups excluding tert-OH is 1. The zero-order chi connectivity index (χ0) is 24.8. The Kier molecular flexibility index (Phi) is 7.45. The molecule has 1 aliphatic heterocycles. The number of carbonyl (C=O) groups excluding carboxylic acids is 1. The maximum Gasteiger partial charge on any atom is 0.404 e. The molecular weight excluding hydrogens is 448 g/mol. The van der Waals surface area contributed by atoms with Gasteiger partial charge in [0, 0.05) is 36.7 Å². The summed E-state index contributed by atoms with van der Waals surface area (Å²) in [6.07, 6.45) is 0.403. The lowest BCUT2D eigenvalue weighted by Crippen LogP contribution is -2.49. The fourth-order valence-electron chi connectivity index (χ4n) is 3.90. The highest BCUT2D eigenvalue weighted by molar-refractivity contribution is 5.64. The number of amides is 1. The molecule has 0 bridgehead atoms. The van der Waals surface area contributed by atoms with Crippen LogP contribution in [0.4, 0.5) is 4.79 Å². The van der Waals surface area contributed by atoms with Crippen LogP contribution in [0.25, 0.3) is 0 Å². The number of rotatable bonds is 7. The minimum atomic E-state index is -0.947. The number of aromatic amines is 1. The van der Waals surface area contributed by atoms with E-state index in [1.54, 1.807) is 0 Å². The van der Waals surface area contributed by atoms with Crippen LogP contribution in [0, 0.1) is 11.8 Å². The van der Waals surface area contributed by atoms with Crippen LogP contribution in [0.1, 0.15) is 33.9 Å². The molecule has 1 saturated heterocycles. The largest absolute Gasteiger partial charge is 0.502 e. The van der Waals surface area contributed by atoms with Crippen LogP contribution >= 0.6 is 0 Å². The summed E-state index contributed by atoms with van der Waals surface area (Å²) in [5, 5.41) is 19.5. The summed E-state index contributed by atoms with van der Waals surface area (Å²) in [4.78, 5) is 31.4. The van der Waals surface area contributed by atoms with Gasteiger partial charge in [-0.25, -0.2) is 9.78 Å². The Morgan fingerprint density at radius 3 is 2.29 bits per heavy atom. The predicted octanol–water partition coefficient (Wildman–Crippen LogP) is 1.47. The highest BCUT2D eigenvalue weighted by atomic mass is 16.5. The molecule has 1 amide bonds. The standard InChI is InChI=1S/C26H26N4O5/c27-26(34)35-15-21(23-24(32)25(33)29-16-28-23)11-19-7-3-17(4-8-19)1-2-18-5-9-20(10-6-18)12-30-13-22(31)14-30/h3-10,16,21-22,31-32H,11-15H2,(H2,27,34)(H,28,29,33). The Bertz CT molecular complexity index is 1290. The van der Waals surface area contributed by atoms with Crippen molar-refractivity contribution >= 4 is 6.09 Å². The molecule has 180 valence electrons. The lowest BCUT2D eigenvalue weighted by atomic mass is 9.95. The monoisotopic (exact) mass is 474 g/mol. The van der Waals surface area contributed by atoms with Crippen molar-refractivity contribution in [2.45, 2.75) is 25.0 Å². The number of likely N-dealkylation sites (tertiary alicyclic amines) is 1. The topological polar surface area (TPSA) is 142 Å². The molecule has 1 fully saturated rings. The molecule has 1 aromatic heterocycles. The van der Waals surface area contributed by atoms with Gasteiger partial charge in [0.15, 0.2) is 0 Å². The predicted molar refractivity (Wildman–Crippen MR) is 129 cm³/mol. The fraction of sp³-hybridized carbons (Fsp3) is 0.269. The van der Waals surface area contributed by atoms with E-state index < -0.39 is 23.3 Å². The number of β-amino-alcohol motifs (C(OH)–C–C–N with tert-alkyl or cyclic N) is 1. The molecule has 5 N–H and O–H groups in total. The zero-order valence-corrected chi connectivity index (χ0v) is 19.0. The third kappa shape index (κ3) is 6.47. The van der Waals surface area contributed by atoms with Gasteiger partial charge in [-0.05, 0) is 41.8 Å². The van der Waals surface area contributed by atoms with Gasteiger partial charge in [0.05, 0.1) is 18.1 Å². The van der Waals surface area contributed by atoms with Gasteiger partial charge in [0.2, 0.25) is 5.75 Å². The first-order valence-electron chi connectivity index (χ1n) is 11.2. The quantitative estimate of drug-likeness (QED) is 0.380. The van der Waals surface area contributed by atoms with Crippen molar-refractivity contribution in [1.29, 1.82) is 0 Å². The van der Waals surface area contributed by atoms with E-state index in [0.29, 0.717) is 6.42 Å². The molecule has 1 atom stereocenters. The second kappa shape index (κ2) is 10.9. The molecule has 1 aliphatic rings. The Balaban J connectivity index is 1.41. The van der Waals surface area contributed by atoms with E-state index >= 15 is 0 Å². The number of hydrogen-bond acceptors (Lipinski definition) is 7. The third-order valence-electron chi connectivity index (χ3n) is 5.76. The van der Waals surface area contributed by atoms with Crippen molar-refractivity contribution in [3.8, 4) is 17.6 Å². The molecule has 0 spiro atoms. The number of nitrogens with one attached hydrogen (secondary N) is 1. The summed E-state index contributed by atoms with van der Waals surface area (Å²) >= 11 is 0. The third-order valence-corrected chi connectivity index (χ3v) is 5.76. The van der Waals surface area contributed by atoms with E-state index in [4.69, 9.17) is 10.5 Å². The van der Waals surface area contributed by atoms with Crippen molar-refractivity contribution in [3.05, 3.63) is 93.2 Å². The summed E-state index contributed by atoms with van der Waals surface area (Å²) in [5.41, 5.74) is 8.35. The average molecular weight is 475 g/mol. The molecule has 0 radical (unpaired) electrons. The molecule has 3 aromatic rings. The number of ether oxygens (including phenoxy) is 1. The Labute approximate surface area is 202 Å². The SMILES string of the molecule is NC(=O)OCC(Cc1ccc(C#Cc2ccc(CN3CC(O)C3)cc2)cc1)c1nc[nH]c(=O)c1O. The Morgan fingerprint density at radius 1 is 1.11 bits per heavy atom. The molecule has 2 aromatic carbocycles. The first-order valence-corrected chi connectivity index (χ1v) is 11.2. The van der Waals surface area contributed by atoms with Crippen molar-refractivity contribution in [2.75, 3.05) is 19.7 Å². The lowest BCUT2D eigenvalue weighted by molar-refractivity contribution is -0.00286. The summed E-state index contributed by atoms with van der Waals surface area (Å²) in [7, 11) is 0. The first kappa shape index (κ1) is 24.0. The van der Waals surface area contributed by atoms with Crippen molar-refractivity contribution < 1.29 is 19.7 Å². The number of primary amides is 1. The highest BCUT2D eigenvalue weighted by Gasteiger charge is 2.24. The van der Waals surface area contributed by atoms with Crippen molar-refractivity contribution in [1.82, 2.24) is 14.9 Å². The van der Waals surface area contributed by atoms with E-state index in [1.165, 1.54) is 11.9 Å². The van der Waals surface area contributed by atoms with Crippen LogP contribution in [0.2, 0.25) is 0 Å². The van der Waals surface area contributed by atoms with E-state index in [2.05, 4.69) is 26.7 Å². The van der Waals surface area contributed by atoms with Crippen LogP contribution in [-0.4, -0.2) is 57.0 Å². The second-order valence-corrected chi connectivity index (χ2v) is 8.49. The van der Waals surface area contributed by atoms with Gasteiger partial charge in [0.1, 0.15) is 6.61 Å². The number of hydrogen-bond donors (Lipinski definition) is 4. The van der Waals surface area contributed by atoms with Gasteiger partial charge in [-0.15, -0.1) is 0 Å². The Hall–Kier alpha value is -4.13. The van der Waals surface area contributed by atoms with Gasteiger partial charge in [0.25, 0.3) is 5.56 Å². The number of H-pyrrole nitrogens is 1. The lowest BCUT2D eigenvalue weighted by Gasteiger charge is -2.35. The van der Waals surface area contributed by atoms with Gasteiger partial charge >= 0.3 is 6.09 Å². The number of aliphatic hydroxyl groups is 1. The van der Waals surface area contributed by atoms with E-state index in [1.807, 2.05) is 48.5 Å². The first-order chi connectivity index (χ1) is 16.9. The molecule has 1 unspecified atom stereocenters. The smallest absolute Gasteiger partial charge is 0.404 e. The van der Waals surface area contributed by atoms with Crippen LogP contribution in [-0.2, 0) is 17.7 Å². The number of carbonyl (C=O) groups is 1. The van der Waals surface area contributed by atoms with Crippen molar-refractivity contribution in [3.63, 3.8) is 0 Å². The van der Waals surface area contributed by atoms with Crippen LogP contribution < -0.4 is 11.3 Å². The summed E-state index contributed by atoms with van der Waals surface area (Å²) < 4.78 is 4.92. The molecule has 0 aliphatic carbocycles. The maximum absolute atomic E-state index is 11.8. The van der Waals surface area contributed by atoms with Gasteiger partial charge < -0.3 is 25.7 Å². The van der Waals surface area contributed by atoms with Gasteiger partial charge in [-0.1, -0.05) is 36.1 Å². The molecule has 9 heteroatoms. The summed E-state index contributed by atoms with van der Waals surface area (Å²) in [6.45, 7) is 2.13. The number of aromatic hydroxyl groups is 1. The molecule has 4 rings (SSSR count).